The Morgan fingerprint density at radius 2 is 1.87 bits per heavy atom. The Morgan fingerprint density at radius 1 is 1.15 bits per heavy atom. The van der Waals surface area contributed by atoms with Gasteiger partial charge >= 0.3 is 0 Å². The number of carbonyl (C=O) groups excluding carboxylic acids is 1. The van der Waals surface area contributed by atoms with Crippen molar-refractivity contribution in [3.05, 3.63) is 76.6 Å². The summed E-state index contributed by atoms with van der Waals surface area (Å²) in [5, 5.41) is 0.439. The van der Waals surface area contributed by atoms with Gasteiger partial charge in [0.2, 0.25) is 5.91 Å². The van der Waals surface area contributed by atoms with E-state index in [1.807, 2.05) is 25.1 Å². The lowest BCUT2D eigenvalue weighted by molar-refractivity contribution is 0.0996. The molecule has 1 amide bonds. The van der Waals surface area contributed by atoms with Crippen molar-refractivity contribution in [1.82, 2.24) is 14.5 Å². The van der Waals surface area contributed by atoms with Crippen molar-refractivity contribution < 1.29 is 23.0 Å². The number of rotatable bonds is 7. The smallest absolute Gasteiger partial charge is 0.250 e. The van der Waals surface area contributed by atoms with Gasteiger partial charge in [-0.3, -0.25) is 9.36 Å². The van der Waals surface area contributed by atoms with Crippen LogP contribution in [0.4, 0.5) is 8.78 Å². The summed E-state index contributed by atoms with van der Waals surface area (Å²) >= 11 is 11.3. The van der Waals surface area contributed by atoms with Crippen LogP contribution >= 0.6 is 24.2 Å². The molecule has 0 bridgehead atoms. The van der Waals surface area contributed by atoms with Gasteiger partial charge in [0, 0.05) is 36.9 Å². The second kappa shape index (κ2) is 11.0. The van der Waals surface area contributed by atoms with E-state index in [-0.39, 0.29) is 27.8 Å². The molecule has 1 fully saturated rings. The maximum Gasteiger partial charge on any atom is 0.250 e. The zero-order valence-electron chi connectivity index (χ0n) is 21.3. The number of amides is 1. The summed E-state index contributed by atoms with van der Waals surface area (Å²) < 4.78 is 41.7. The van der Waals surface area contributed by atoms with Gasteiger partial charge in [0.05, 0.1) is 32.2 Å². The molecular weight excluding hydrogens is 546 g/mol. The lowest BCUT2D eigenvalue weighted by Gasteiger charge is -2.30. The Kier molecular flexibility index (Phi) is 7.70. The first kappa shape index (κ1) is 27.2. The number of nitrogens with zero attached hydrogens (tertiary/aromatic N) is 3. The van der Waals surface area contributed by atoms with Gasteiger partial charge < -0.3 is 20.1 Å². The van der Waals surface area contributed by atoms with Crippen molar-refractivity contribution in [1.29, 1.82) is 0 Å². The minimum atomic E-state index is -1.02. The lowest BCUT2D eigenvalue weighted by atomic mass is 10.1. The van der Waals surface area contributed by atoms with Crippen LogP contribution in [0, 0.1) is 11.6 Å². The average molecular weight is 573 g/mol. The number of piperidine rings is 1. The molecule has 0 spiro atoms. The highest BCUT2D eigenvalue weighted by Gasteiger charge is 2.23. The largest absolute Gasteiger partial charge is 0.489 e. The first-order chi connectivity index (χ1) is 18.6. The number of carbonyl (C=O) groups is 1. The number of hydrogen-bond donors (Lipinski definition) is 2. The van der Waals surface area contributed by atoms with E-state index in [2.05, 4.69) is 29.6 Å². The van der Waals surface area contributed by atoms with Crippen LogP contribution in [0.25, 0.3) is 16.7 Å². The number of ether oxygens (including phenoxy) is 2. The van der Waals surface area contributed by atoms with Crippen molar-refractivity contribution in [2.75, 3.05) is 20.1 Å². The Morgan fingerprint density at radius 3 is 2.59 bits per heavy atom. The third kappa shape index (κ3) is 5.54. The molecule has 2 N–H and O–H groups in total. The molecular formula is C28H27ClF2N4O3S. The molecule has 11 heteroatoms. The highest BCUT2D eigenvalue weighted by Crippen LogP contribution is 2.38. The van der Waals surface area contributed by atoms with Crippen LogP contribution in [0.3, 0.4) is 0 Å². The molecule has 1 aromatic heterocycles. The Labute approximate surface area is 234 Å². The van der Waals surface area contributed by atoms with Crippen molar-refractivity contribution in [2.24, 2.45) is 5.73 Å². The monoisotopic (exact) mass is 572 g/mol. The Balaban J connectivity index is 1.47. The summed E-state index contributed by atoms with van der Waals surface area (Å²) in [5.74, 6) is -1.93. The molecule has 1 aliphatic rings. The van der Waals surface area contributed by atoms with Crippen molar-refractivity contribution in [2.45, 2.75) is 36.9 Å². The number of hydrogen-bond acceptors (Lipinski definition) is 6. The van der Waals surface area contributed by atoms with E-state index in [0.717, 1.165) is 38.1 Å². The summed E-state index contributed by atoms with van der Waals surface area (Å²) in [6.07, 6.45) is 2.73. The van der Waals surface area contributed by atoms with E-state index in [1.54, 1.807) is 6.07 Å². The number of likely N-dealkylation sites (tertiary alicyclic amines) is 1. The standard InChI is InChI=1S/C28H27ClF2N4O3S/c1-15(18-4-3-5-24(26(18)29)38-17-6-8-34(2)9-7-17)37-25-11-16(10-19(27(25)39)28(32)36)35-14-33-22-12-20(30)21(31)13-23(22)35/h3-5,10-15,17,39H,6-9H2,1-2H3,(H2,32,36)/t15-/m1/s1. The molecule has 204 valence electrons. The number of nitrogens with two attached hydrogens (primary N) is 1. The zero-order chi connectivity index (χ0) is 27.8. The quantitative estimate of drug-likeness (QED) is 0.267. The third-order valence-electron chi connectivity index (χ3n) is 6.89. The molecule has 3 aromatic carbocycles. The molecule has 5 rings (SSSR count). The van der Waals surface area contributed by atoms with Crippen LogP contribution < -0.4 is 15.2 Å². The van der Waals surface area contributed by atoms with E-state index in [9.17, 15) is 13.6 Å². The summed E-state index contributed by atoms with van der Waals surface area (Å²) in [6.45, 7) is 3.73. The summed E-state index contributed by atoms with van der Waals surface area (Å²) in [5.41, 5.74) is 7.36. The number of imidazole rings is 1. The average Bonchev–Trinajstić information content (AvgIpc) is 3.30. The van der Waals surface area contributed by atoms with Gasteiger partial charge in [0.15, 0.2) is 11.6 Å². The third-order valence-corrected chi connectivity index (χ3v) is 7.75. The number of primary amides is 1. The summed E-state index contributed by atoms with van der Waals surface area (Å²) in [4.78, 5) is 18.9. The molecule has 1 aliphatic heterocycles. The molecule has 1 saturated heterocycles. The SMILES string of the molecule is C[C@@H](Oc1cc(-n2cnc3cc(F)c(F)cc32)cc(C(N)=O)c1S)c1cccc(OC2CCN(C)CC2)c1Cl. The van der Waals surface area contributed by atoms with E-state index < -0.39 is 23.6 Å². The van der Waals surface area contributed by atoms with Gasteiger partial charge in [-0.1, -0.05) is 23.7 Å². The van der Waals surface area contributed by atoms with Gasteiger partial charge in [-0.2, -0.15) is 0 Å². The fourth-order valence-electron chi connectivity index (χ4n) is 4.69. The number of benzene rings is 3. The van der Waals surface area contributed by atoms with Crippen molar-refractivity contribution in [3.63, 3.8) is 0 Å². The van der Waals surface area contributed by atoms with Gasteiger partial charge in [0.25, 0.3) is 0 Å². The summed E-state index contributed by atoms with van der Waals surface area (Å²) in [7, 11) is 2.09. The number of aromatic nitrogens is 2. The predicted octanol–water partition coefficient (Wildman–Crippen LogP) is 5.96. The van der Waals surface area contributed by atoms with Crippen LogP contribution in [-0.4, -0.2) is 46.6 Å². The summed E-state index contributed by atoms with van der Waals surface area (Å²) in [6, 6.07) is 10.7. The molecule has 7 nitrogen and oxygen atoms in total. The molecule has 0 aliphatic carbocycles. The van der Waals surface area contributed by atoms with Crippen LogP contribution in [0.2, 0.25) is 5.02 Å². The van der Waals surface area contributed by atoms with Gasteiger partial charge in [-0.25, -0.2) is 13.8 Å². The van der Waals surface area contributed by atoms with Gasteiger partial charge in [-0.05, 0) is 38.9 Å². The first-order valence-corrected chi connectivity index (χ1v) is 13.2. The molecule has 4 aromatic rings. The topological polar surface area (TPSA) is 82.6 Å². The van der Waals surface area contributed by atoms with Crippen LogP contribution in [0.15, 0.2) is 53.7 Å². The van der Waals surface area contributed by atoms with E-state index in [0.29, 0.717) is 27.5 Å². The van der Waals surface area contributed by atoms with Gasteiger partial charge in [0.1, 0.15) is 30.0 Å². The minimum absolute atomic E-state index is 0.0762. The van der Waals surface area contributed by atoms with Crippen LogP contribution in [0.5, 0.6) is 11.5 Å². The number of halogens is 3. The highest BCUT2D eigenvalue weighted by atomic mass is 35.5. The molecule has 0 radical (unpaired) electrons. The zero-order valence-corrected chi connectivity index (χ0v) is 23.0. The second-order valence-electron chi connectivity index (χ2n) is 9.61. The maximum atomic E-state index is 14.0. The van der Waals surface area contributed by atoms with E-state index in [4.69, 9.17) is 26.8 Å². The maximum absolute atomic E-state index is 14.0. The number of thiol groups is 1. The van der Waals surface area contributed by atoms with Crippen LogP contribution in [-0.2, 0) is 0 Å². The fraction of sp³-hybridized carbons (Fsp3) is 0.286. The lowest BCUT2D eigenvalue weighted by Crippen LogP contribution is -2.35. The van der Waals surface area contributed by atoms with Crippen molar-refractivity contribution in [3.8, 4) is 17.2 Å². The van der Waals surface area contributed by atoms with E-state index >= 15 is 0 Å². The first-order valence-electron chi connectivity index (χ1n) is 12.4. The van der Waals surface area contributed by atoms with Crippen molar-refractivity contribution >= 4 is 41.2 Å². The highest BCUT2D eigenvalue weighted by molar-refractivity contribution is 7.80. The number of fused-ring (bicyclic) bond motifs is 1. The molecule has 0 unspecified atom stereocenters. The van der Waals surface area contributed by atoms with Crippen LogP contribution in [0.1, 0.15) is 41.8 Å². The predicted molar refractivity (Wildman–Crippen MR) is 148 cm³/mol. The Hall–Kier alpha value is -3.34. The molecule has 1 atom stereocenters. The minimum Gasteiger partial charge on any atom is -0.489 e. The fourth-order valence-corrected chi connectivity index (χ4v) is 5.31. The molecule has 2 heterocycles. The molecule has 0 saturated carbocycles. The Bertz CT molecular complexity index is 1560. The van der Waals surface area contributed by atoms with Gasteiger partial charge in [-0.15, -0.1) is 12.6 Å². The normalized spacial score (nSPS) is 15.4. The second-order valence-corrected chi connectivity index (χ2v) is 10.4. The molecule has 39 heavy (non-hydrogen) atoms. The van der Waals surface area contributed by atoms with E-state index in [1.165, 1.54) is 17.0 Å².